The third kappa shape index (κ3) is 4.58. The molecular formula is C27H26FNS. The van der Waals surface area contributed by atoms with Crippen LogP contribution in [0.1, 0.15) is 35.6 Å². The number of fused-ring (bicyclic) bond motifs is 1. The van der Waals surface area contributed by atoms with Gasteiger partial charge in [-0.15, -0.1) is 11.8 Å². The first kappa shape index (κ1) is 20.6. The quantitative estimate of drug-likeness (QED) is 0.328. The highest BCUT2D eigenvalue weighted by Gasteiger charge is 2.23. The fraction of sp³-hybridized carbons (Fsp3) is 0.185. The van der Waals surface area contributed by atoms with E-state index in [4.69, 9.17) is 0 Å². The van der Waals surface area contributed by atoms with E-state index in [2.05, 4.69) is 73.1 Å². The molecule has 0 bridgehead atoms. The summed E-state index contributed by atoms with van der Waals surface area (Å²) in [6, 6.07) is 24.1. The monoisotopic (exact) mass is 415 g/mol. The van der Waals surface area contributed by atoms with Crippen molar-refractivity contribution in [2.24, 2.45) is 0 Å². The molecule has 1 N–H and O–H groups in total. The van der Waals surface area contributed by atoms with Gasteiger partial charge >= 0.3 is 0 Å². The normalized spacial score (nSPS) is 14.4. The topological polar surface area (TPSA) is 12.0 Å². The summed E-state index contributed by atoms with van der Waals surface area (Å²) in [6.07, 6.45) is 5.18. The average Bonchev–Trinajstić information content (AvgIpc) is 3.03. The smallest absolute Gasteiger partial charge is 0.123 e. The number of halogens is 1. The van der Waals surface area contributed by atoms with Gasteiger partial charge in [0.2, 0.25) is 0 Å². The van der Waals surface area contributed by atoms with E-state index in [0.29, 0.717) is 0 Å². The molecule has 0 aromatic heterocycles. The number of hydrogen-bond donors (Lipinski definition) is 1. The van der Waals surface area contributed by atoms with E-state index in [-0.39, 0.29) is 5.82 Å². The summed E-state index contributed by atoms with van der Waals surface area (Å²) < 4.78 is 14.0. The predicted octanol–water partition coefficient (Wildman–Crippen LogP) is 7.06. The summed E-state index contributed by atoms with van der Waals surface area (Å²) in [5.41, 5.74) is 8.26. The van der Waals surface area contributed by atoms with E-state index < -0.39 is 0 Å². The Morgan fingerprint density at radius 2 is 1.70 bits per heavy atom. The minimum absolute atomic E-state index is 0.179. The van der Waals surface area contributed by atoms with Crippen LogP contribution in [0.3, 0.4) is 0 Å². The Morgan fingerprint density at radius 1 is 0.933 bits per heavy atom. The van der Waals surface area contributed by atoms with Gasteiger partial charge in [-0.2, -0.15) is 0 Å². The van der Waals surface area contributed by atoms with Crippen LogP contribution in [0.4, 0.5) is 4.39 Å². The van der Waals surface area contributed by atoms with Crippen molar-refractivity contribution in [1.29, 1.82) is 0 Å². The van der Waals surface area contributed by atoms with Gasteiger partial charge in [-0.25, -0.2) is 4.39 Å². The van der Waals surface area contributed by atoms with Crippen LogP contribution in [0.5, 0.6) is 0 Å². The maximum atomic E-state index is 14.0. The lowest BCUT2D eigenvalue weighted by Gasteiger charge is -2.08. The molecule has 152 valence electrons. The first-order valence-corrected chi connectivity index (χ1v) is 11.5. The van der Waals surface area contributed by atoms with Crippen LogP contribution >= 0.6 is 11.8 Å². The van der Waals surface area contributed by atoms with Gasteiger partial charge in [0.05, 0.1) is 0 Å². The molecule has 1 aliphatic rings. The summed E-state index contributed by atoms with van der Waals surface area (Å²) in [7, 11) is 0. The van der Waals surface area contributed by atoms with Crippen molar-refractivity contribution in [3.05, 3.63) is 106 Å². The summed E-state index contributed by atoms with van der Waals surface area (Å²) in [4.78, 5) is 1.25. The third-order valence-electron chi connectivity index (χ3n) is 5.60. The van der Waals surface area contributed by atoms with Gasteiger partial charge in [0.25, 0.3) is 0 Å². The molecule has 0 saturated carbocycles. The van der Waals surface area contributed by atoms with Gasteiger partial charge in [0.1, 0.15) is 5.82 Å². The molecule has 0 heterocycles. The third-order valence-corrected chi connectivity index (χ3v) is 6.35. The molecule has 1 nitrogen and oxygen atoms in total. The molecule has 4 rings (SSSR count). The van der Waals surface area contributed by atoms with E-state index in [9.17, 15) is 4.39 Å². The van der Waals surface area contributed by atoms with E-state index in [1.165, 1.54) is 32.7 Å². The zero-order valence-electron chi connectivity index (χ0n) is 17.4. The van der Waals surface area contributed by atoms with Crippen molar-refractivity contribution in [1.82, 2.24) is 5.32 Å². The zero-order chi connectivity index (χ0) is 20.9. The average molecular weight is 416 g/mol. The molecule has 30 heavy (non-hydrogen) atoms. The first-order valence-electron chi connectivity index (χ1n) is 10.3. The molecule has 3 aromatic rings. The van der Waals surface area contributed by atoms with Crippen molar-refractivity contribution in [2.45, 2.75) is 24.8 Å². The molecule has 0 radical (unpaired) electrons. The van der Waals surface area contributed by atoms with Crippen LogP contribution in [0, 0.1) is 5.82 Å². The molecule has 0 spiro atoms. The zero-order valence-corrected chi connectivity index (χ0v) is 18.2. The van der Waals surface area contributed by atoms with E-state index in [0.717, 1.165) is 30.6 Å². The van der Waals surface area contributed by atoms with Crippen molar-refractivity contribution < 1.29 is 4.39 Å². The van der Waals surface area contributed by atoms with Crippen molar-refractivity contribution in [3.63, 3.8) is 0 Å². The number of nitrogens with one attached hydrogen (secondary N) is 1. The maximum absolute atomic E-state index is 14.0. The summed E-state index contributed by atoms with van der Waals surface area (Å²) in [6.45, 7) is 3.85. The highest BCUT2D eigenvalue weighted by molar-refractivity contribution is 7.98. The number of benzene rings is 3. The largest absolute Gasteiger partial charge is 0.312 e. The molecule has 0 aliphatic heterocycles. The maximum Gasteiger partial charge on any atom is 0.123 e. The fourth-order valence-corrected chi connectivity index (χ4v) is 4.39. The predicted molar refractivity (Wildman–Crippen MR) is 128 cm³/mol. The lowest BCUT2D eigenvalue weighted by atomic mass is 10.0. The highest BCUT2D eigenvalue weighted by atomic mass is 32.2. The summed E-state index contributed by atoms with van der Waals surface area (Å²) >= 11 is 1.74. The standard InChI is InChI=1S/C27H26FNS/c1-19-24(14-15-29-18-21-6-4-3-5-7-21)27-17-22(28)10-13-25(27)26(19)16-20-8-11-23(30-2)12-9-20/h3-13,16-17,29H,14-15,18H2,1-2H3/b26-16-. The van der Waals surface area contributed by atoms with E-state index >= 15 is 0 Å². The molecule has 1 aliphatic carbocycles. The second-order valence-corrected chi connectivity index (χ2v) is 8.42. The van der Waals surface area contributed by atoms with Gasteiger partial charge in [0, 0.05) is 11.4 Å². The molecule has 3 aromatic carbocycles. The Bertz CT molecular complexity index is 1080. The van der Waals surface area contributed by atoms with Gasteiger partial charge in [0.15, 0.2) is 0 Å². The fourth-order valence-electron chi connectivity index (χ4n) is 3.98. The Kier molecular flexibility index (Phi) is 6.51. The molecule has 0 saturated heterocycles. The van der Waals surface area contributed by atoms with E-state index in [1.807, 2.05) is 12.1 Å². The molecule has 3 heteroatoms. The van der Waals surface area contributed by atoms with Crippen molar-refractivity contribution in [3.8, 4) is 0 Å². The lowest BCUT2D eigenvalue weighted by molar-refractivity contribution is 0.627. The van der Waals surface area contributed by atoms with Crippen LogP contribution < -0.4 is 5.32 Å². The van der Waals surface area contributed by atoms with Crippen LogP contribution in [-0.4, -0.2) is 12.8 Å². The highest BCUT2D eigenvalue weighted by Crippen LogP contribution is 2.43. The second kappa shape index (κ2) is 9.46. The van der Waals surface area contributed by atoms with E-state index in [1.54, 1.807) is 23.9 Å². The molecule has 0 atom stereocenters. The SMILES string of the molecule is CSc1ccc(/C=C2/C(C)=C(CCNCc3ccccc3)c3cc(F)ccc32)cc1. The second-order valence-electron chi connectivity index (χ2n) is 7.54. The molecule has 0 fully saturated rings. The lowest BCUT2D eigenvalue weighted by Crippen LogP contribution is -2.15. The Balaban J connectivity index is 1.56. The van der Waals surface area contributed by atoms with Crippen LogP contribution in [0.2, 0.25) is 0 Å². The van der Waals surface area contributed by atoms with Crippen LogP contribution in [-0.2, 0) is 6.54 Å². The summed E-state index contributed by atoms with van der Waals surface area (Å²) in [5, 5.41) is 3.52. The van der Waals surface area contributed by atoms with Gasteiger partial charge < -0.3 is 5.32 Å². The first-order chi connectivity index (χ1) is 14.7. The number of hydrogen-bond acceptors (Lipinski definition) is 2. The van der Waals surface area contributed by atoms with Gasteiger partial charge in [-0.1, -0.05) is 48.5 Å². The Hall–Kier alpha value is -2.62. The summed E-state index contributed by atoms with van der Waals surface area (Å²) in [5.74, 6) is -0.179. The van der Waals surface area contributed by atoms with Gasteiger partial charge in [-0.05, 0) is 95.5 Å². The van der Waals surface area contributed by atoms with Crippen LogP contribution in [0.15, 0.2) is 83.3 Å². The molecule has 0 unspecified atom stereocenters. The van der Waals surface area contributed by atoms with Crippen LogP contribution in [0.25, 0.3) is 17.2 Å². The van der Waals surface area contributed by atoms with Crippen molar-refractivity contribution in [2.75, 3.05) is 12.8 Å². The van der Waals surface area contributed by atoms with Gasteiger partial charge in [-0.3, -0.25) is 0 Å². The van der Waals surface area contributed by atoms with Crippen molar-refractivity contribution >= 4 is 29.0 Å². The Morgan fingerprint density at radius 3 is 2.43 bits per heavy atom. The Labute approximate surface area is 182 Å². The number of thioether (sulfide) groups is 1. The minimum Gasteiger partial charge on any atom is -0.312 e. The molecule has 0 amide bonds. The molecular weight excluding hydrogens is 389 g/mol. The minimum atomic E-state index is -0.179. The number of allylic oxidation sites excluding steroid dienone is 2. The number of rotatable bonds is 7.